The standard InChI is InChI=1S/C25H31FN2O3/c26-21-8-6-19(7-9-21)24(30)27-18-25(20-4-2-1-3-5-20)12-10-22(23(29)11-13-25)28-14-16-31-17-15-28/h1-9,22-23,29H,10-18H2,(H,27,30)/t22-,23-,25-/m1/s1. The van der Waals surface area contributed by atoms with E-state index in [0.29, 0.717) is 31.7 Å². The fourth-order valence-corrected chi connectivity index (χ4v) is 5.01. The minimum Gasteiger partial charge on any atom is -0.391 e. The Balaban J connectivity index is 1.52. The van der Waals surface area contributed by atoms with Crippen LogP contribution >= 0.6 is 0 Å². The van der Waals surface area contributed by atoms with Crippen LogP contribution in [0.25, 0.3) is 0 Å². The van der Waals surface area contributed by atoms with Crippen molar-refractivity contribution in [2.24, 2.45) is 0 Å². The fourth-order valence-electron chi connectivity index (χ4n) is 5.01. The highest BCUT2D eigenvalue weighted by atomic mass is 19.1. The molecular formula is C25H31FN2O3. The van der Waals surface area contributed by atoms with Gasteiger partial charge in [-0.25, -0.2) is 4.39 Å². The molecule has 31 heavy (non-hydrogen) atoms. The Kier molecular flexibility index (Phi) is 7.00. The highest BCUT2D eigenvalue weighted by molar-refractivity contribution is 5.94. The molecule has 0 unspecified atom stereocenters. The number of carbonyl (C=O) groups is 1. The Morgan fingerprint density at radius 3 is 2.45 bits per heavy atom. The maximum Gasteiger partial charge on any atom is 0.251 e. The smallest absolute Gasteiger partial charge is 0.251 e. The van der Waals surface area contributed by atoms with E-state index in [0.717, 1.165) is 32.4 Å². The Hall–Kier alpha value is -2.28. The molecule has 0 spiro atoms. The molecule has 3 atom stereocenters. The van der Waals surface area contributed by atoms with E-state index in [2.05, 4.69) is 22.3 Å². The third-order valence-corrected chi connectivity index (χ3v) is 6.88. The van der Waals surface area contributed by atoms with Gasteiger partial charge in [-0.15, -0.1) is 0 Å². The minimum absolute atomic E-state index is 0.113. The van der Waals surface area contributed by atoms with E-state index >= 15 is 0 Å². The molecule has 0 radical (unpaired) electrons. The van der Waals surface area contributed by atoms with E-state index in [1.807, 2.05) is 18.2 Å². The summed E-state index contributed by atoms with van der Waals surface area (Å²) in [6.45, 7) is 3.60. The van der Waals surface area contributed by atoms with E-state index in [1.165, 1.54) is 29.8 Å². The van der Waals surface area contributed by atoms with Crippen molar-refractivity contribution in [1.29, 1.82) is 0 Å². The second kappa shape index (κ2) is 9.90. The summed E-state index contributed by atoms with van der Waals surface area (Å²) in [5.41, 5.74) is 1.38. The molecule has 2 aromatic carbocycles. The third-order valence-electron chi connectivity index (χ3n) is 6.88. The van der Waals surface area contributed by atoms with Crippen LogP contribution in [-0.4, -0.2) is 60.9 Å². The maximum atomic E-state index is 13.2. The largest absolute Gasteiger partial charge is 0.391 e. The fraction of sp³-hybridized carbons (Fsp3) is 0.480. The summed E-state index contributed by atoms with van der Waals surface area (Å²) < 4.78 is 18.7. The topological polar surface area (TPSA) is 61.8 Å². The van der Waals surface area contributed by atoms with E-state index < -0.39 is 6.10 Å². The van der Waals surface area contributed by atoms with Crippen LogP contribution in [0.3, 0.4) is 0 Å². The number of nitrogens with zero attached hydrogens (tertiary/aromatic N) is 1. The van der Waals surface area contributed by atoms with Gasteiger partial charge in [-0.1, -0.05) is 30.3 Å². The second-order valence-electron chi connectivity index (χ2n) is 8.70. The number of morpholine rings is 1. The van der Waals surface area contributed by atoms with Crippen LogP contribution in [0.15, 0.2) is 54.6 Å². The predicted molar refractivity (Wildman–Crippen MR) is 118 cm³/mol. The first-order valence-corrected chi connectivity index (χ1v) is 11.2. The van der Waals surface area contributed by atoms with Crippen molar-refractivity contribution in [3.63, 3.8) is 0 Å². The number of aliphatic hydroxyl groups excluding tert-OH is 1. The molecule has 2 fully saturated rings. The number of aliphatic hydroxyl groups is 1. The van der Waals surface area contributed by atoms with Gasteiger partial charge in [0.25, 0.3) is 5.91 Å². The average molecular weight is 427 g/mol. The lowest BCUT2D eigenvalue weighted by atomic mass is 9.74. The monoisotopic (exact) mass is 426 g/mol. The normalized spacial score (nSPS) is 27.4. The number of rotatable bonds is 5. The van der Waals surface area contributed by atoms with Crippen LogP contribution in [0.2, 0.25) is 0 Å². The number of carbonyl (C=O) groups excluding carboxylic acids is 1. The van der Waals surface area contributed by atoms with Gasteiger partial charge in [-0.2, -0.15) is 0 Å². The van der Waals surface area contributed by atoms with Gasteiger partial charge in [0.05, 0.1) is 19.3 Å². The number of benzene rings is 2. The molecule has 4 rings (SSSR count). The number of ether oxygens (including phenoxy) is 1. The zero-order valence-corrected chi connectivity index (χ0v) is 17.8. The van der Waals surface area contributed by atoms with Crippen molar-refractivity contribution >= 4 is 5.91 Å². The van der Waals surface area contributed by atoms with Gasteiger partial charge in [0.15, 0.2) is 0 Å². The zero-order valence-electron chi connectivity index (χ0n) is 17.8. The first-order valence-electron chi connectivity index (χ1n) is 11.2. The van der Waals surface area contributed by atoms with E-state index in [-0.39, 0.29) is 23.2 Å². The maximum absolute atomic E-state index is 13.2. The quantitative estimate of drug-likeness (QED) is 0.722. The highest BCUT2D eigenvalue weighted by Gasteiger charge is 2.40. The Bertz CT molecular complexity index is 855. The molecule has 2 aliphatic rings. The van der Waals surface area contributed by atoms with E-state index in [4.69, 9.17) is 4.74 Å². The van der Waals surface area contributed by atoms with Gasteiger partial charge in [0.2, 0.25) is 0 Å². The van der Waals surface area contributed by atoms with Crippen molar-refractivity contribution in [1.82, 2.24) is 10.2 Å². The summed E-state index contributed by atoms with van der Waals surface area (Å²) in [7, 11) is 0. The second-order valence-corrected chi connectivity index (χ2v) is 8.70. The molecule has 0 bridgehead atoms. The van der Waals surface area contributed by atoms with Gasteiger partial charge >= 0.3 is 0 Å². The van der Waals surface area contributed by atoms with Crippen molar-refractivity contribution in [2.75, 3.05) is 32.8 Å². The molecule has 2 N–H and O–H groups in total. The minimum atomic E-state index is -0.392. The SMILES string of the molecule is O=C(NC[C@]1(c2ccccc2)CC[C@@H](O)[C@H](N2CCOCC2)CC1)c1ccc(F)cc1. The van der Waals surface area contributed by atoms with Gasteiger partial charge < -0.3 is 15.2 Å². The molecule has 1 amide bonds. The van der Waals surface area contributed by atoms with Gasteiger partial charge in [0, 0.05) is 36.7 Å². The molecule has 1 heterocycles. The van der Waals surface area contributed by atoms with Gasteiger partial charge in [-0.05, 0) is 55.5 Å². The summed E-state index contributed by atoms with van der Waals surface area (Å²) in [5, 5.41) is 14.0. The van der Waals surface area contributed by atoms with Crippen molar-refractivity contribution < 1.29 is 19.0 Å². The molecular weight excluding hydrogens is 395 g/mol. The van der Waals surface area contributed by atoms with Gasteiger partial charge in [-0.3, -0.25) is 9.69 Å². The Morgan fingerprint density at radius 1 is 1.06 bits per heavy atom. The van der Waals surface area contributed by atoms with Crippen molar-refractivity contribution in [2.45, 2.75) is 43.2 Å². The number of halogens is 1. The molecule has 166 valence electrons. The van der Waals surface area contributed by atoms with E-state index in [9.17, 15) is 14.3 Å². The Morgan fingerprint density at radius 2 is 1.74 bits per heavy atom. The van der Waals surface area contributed by atoms with Crippen LogP contribution < -0.4 is 5.32 Å². The number of hydrogen-bond acceptors (Lipinski definition) is 4. The summed E-state index contributed by atoms with van der Waals surface area (Å²) in [4.78, 5) is 15.1. The van der Waals surface area contributed by atoms with E-state index in [1.54, 1.807) is 0 Å². The van der Waals surface area contributed by atoms with Crippen LogP contribution in [0.4, 0.5) is 4.39 Å². The van der Waals surface area contributed by atoms with Crippen LogP contribution in [0.1, 0.15) is 41.6 Å². The lowest BCUT2D eigenvalue weighted by Gasteiger charge is -2.37. The van der Waals surface area contributed by atoms with Crippen LogP contribution in [0, 0.1) is 5.82 Å². The van der Waals surface area contributed by atoms with Crippen molar-refractivity contribution in [3.05, 3.63) is 71.5 Å². The average Bonchev–Trinajstić information content (AvgIpc) is 2.99. The molecule has 1 saturated carbocycles. The number of hydrogen-bond donors (Lipinski definition) is 2. The molecule has 1 aliphatic heterocycles. The molecule has 1 aliphatic carbocycles. The first-order chi connectivity index (χ1) is 15.1. The summed E-state index contributed by atoms with van der Waals surface area (Å²) >= 11 is 0. The number of amides is 1. The molecule has 2 aromatic rings. The Labute approximate surface area is 183 Å². The first kappa shape index (κ1) is 21.9. The molecule has 0 aromatic heterocycles. The summed E-state index contributed by atoms with van der Waals surface area (Å²) in [6, 6.07) is 16.0. The predicted octanol–water partition coefficient (Wildman–Crippen LogP) is 3.13. The van der Waals surface area contributed by atoms with Crippen LogP contribution in [-0.2, 0) is 10.2 Å². The molecule has 1 saturated heterocycles. The molecule has 5 nitrogen and oxygen atoms in total. The van der Waals surface area contributed by atoms with Gasteiger partial charge in [0.1, 0.15) is 5.82 Å². The van der Waals surface area contributed by atoms with Crippen molar-refractivity contribution in [3.8, 4) is 0 Å². The highest BCUT2D eigenvalue weighted by Crippen LogP contribution is 2.39. The summed E-state index contributed by atoms with van der Waals surface area (Å²) in [6.07, 6.45) is 2.82. The molecule has 6 heteroatoms. The lowest BCUT2D eigenvalue weighted by molar-refractivity contribution is -0.0236. The lowest BCUT2D eigenvalue weighted by Crippen LogP contribution is -2.48. The van der Waals surface area contributed by atoms with Crippen LogP contribution in [0.5, 0.6) is 0 Å². The zero-order chi connectivity index (χ0) is 21.7. The number of nitrogens with one attached hydrogen (secondary N) is 1. The summed E-state index contributed by atoms with van der Waals surface area (Å²) in [5.74, 6) is -0.561. The third kappa shape index (κ3) is 5.14.